The third-order valence-corrected chi connectivity index (χ3v) is 5.51. The molecule has 164 valence electrons. The first-order chi connectivity index (χ1) is 16.1. The fourth-order valence-electron chi connectivity index (χ4n) is 3.74. The molecule has 0 bridgehead atoms. The number of H-pyrrole nitrogens is 1. The van der Waals surface area contributed by atoms with Crippen molar-refractivity contribution in [3.05, 3.63) is 96.4 Å². The second kappa shape index (κ2) is 8.63. The van der Waals surface area contributed by atoms with Gasteiger partial charge in [0.05, 0.1) is 35.4 Å². The number of ether oxygens (including phenoxy) is 1. The lowest BCUT2D eigenvalue weighted by Crippen LogP contribution is -2.27. The van der Waals surface area contributed by atoms with Gasteiger partial charge in [0.1, 0.15) is 17.3 Å². The lowest BCUT2D eigenvalue weighted by molar-refractivity contribution is 0.0939. The van der Waals surface area contributed by atoms with Crippen molar-refractivity contribution >= 4 is 16.9 Å². The van der Waals surface area contributed by atoms with Crippen molar-refractivity contribution in [2.75, 3.05) is 7.11 Å². The van der Waals surface area contributed by atoms with Crippen molar-refractivity contribution in [2.45, 2.75) is 13.0 Å². The summed E-state index contributed by atoms with van der Waals surface area (Å²) >= 11 is 0. The van der Waals surface area contributed by atoms with Gasteiger partial charge in [-0.25, -0.2) is 9.67 Å². The van der Waals surface area contributed by atoms with Crippen LogP contribution in [0.15, 0.2) is 85.1 Å². The monoisotopic (exact) mass is 437 g/mol. The molecule has 7 heteroatoms. The van der Waals surface area contributed by atoms with Gasteiger partial charge in [-0.2, -0.15) is 5.10 Å². The van der Waals surface area contributed by atoms with Gasteiger partial charge in [0.15, 0.2) is 0 Å². The molecule has 5 rings (SSSR count). The van der Waals surface area contributed by atoms with Gasteiger partial charge in [0.25, 0.3) is 5.91 Å². The van der Waals surface area contributed by atoms with Gasteiger partial charge in [-0.05, 0) is 55.5 Å². The first-order valence-corrected chi connectivity index (χ1v) is 10.7. The summed E-state index contributed by atoms with van der Waals surface area (Å²) in [5, 5.41) is 7.79. The number of fused-ring (bicyclic) bond motifs is 1. The van der Waals surface area contributed by atoms with Crippen LogP contribution in [0.1, 0.15) is 29.1 Å². The third-order valence-electron chi connectivity index (χ3n) is 5.51. The molecule has 1 amide bonds. The Kier molecular flexibility index (Phi) is 5.36. The summed E-state index contributed by atoms with van der Waals surface area (Å²) in [4.78, 5) is 21.3. The van der Waals surface area contributed by atoms with Gasteiger partial charge in [-0.3, -0.25) is 4.79 Å². The van der Waals surface area contributed by atoms with Crippen LogP contribution in [-0.2, 0) is 0 Å². The zero-order chi connectivity index (χ0) is 22.8. The molecule has 0 saturated carbocycles. The van der Waals surface area contributed by atoms with E-state index in [0.717, 1.165) is 28.0 Å². The number of nitrogens with zero attached hydrogens (tertiary/aromatic N) is 3. The average molecular weight is 438 g/mol. The highest BCUT2D eigenvalue weighted by Gasteiger charge is 2.22. The Hall–Kier alpha value is -4.39. The second-order valence-electron chi connectivity index (χ2n) is 7.73. The summed E-state index contributed by atoms with van der Waals surface area (Å²) in [5.41, 5.74) is 4.57. The lowest BCUT2D eigenvalue weighted by Gasteiger charge is -2.11. The maximum atomic E-state index is 13.4. The number of nitrogens with one attached hydrogen (secondary N) is 2. The highest BCUT2D eigenvalue weighted by molar-refractivity contribution is 6.00. The van der Waals surface area contributed by atoms with Crippen molar-refractivity contribution in [3.63, 3.8) is 0 Å². The second-order valence-corrected chi connectivity index (χ2v) is 7.73. The summed E-state index contributed by atoms with van der Waals surface area (Å²) < 4.78 is 6.99. The summed E-state index contributed by atoms with van der Waals surface area (Å²) in [6.45, 7) is 1.91. The molecular weight excluding hydrogens is 414 g/mol. The summed E-state index contributed by atoms with van der Waals surface area (Å²) in [5.74, 6) is 1.22. The first kappa shape index (κ1) is 20.5. The predicted octanol–water partition coefficient (Wildman–Crippen LogP) is 4.92. The molecular formula is C26H23N5O2. The lowest BCUT2D eigenvalue weighted by atomic mass is 10.1. The van der Waals surface area contributed by atoms with Crippen LogP contribution in [0.4, 0.5) is 0 Å². The van der Waals surface area contributed by atoms with Crippen LogP contribution < -0.4 is 10.1 Å². The zero-order valence-corrected chi connectivity index (χ0v) is 18.3. The minimum Gasteiger partial charge on any atom is -0.497 e. The molecule has 0 saturated heterocycles. The van der Waals surface area contributed by atoms with Crippen LogP contribution in [-0.4, -0.2) is 32.8 Å². The number of hydrogen-bond donors (Lipinski definition) is 2. The van der Waals surface area contributed by atoms with E-state index in [1.807, 2.05) is 85.8 Å². The molecule has 0 aliphatic heterocycles. The van der Waals surface area contributed by atoms with E-state index >= 15 is 0 Å². The van der Waals surface area contributed by atoms with Gasteiger partial charge >= 0.3 is 0 Å². The Morgan fingerprint density at radius 2 is 1.73 bits per heavy atom. The number of rotatable bonds is 6. The van der Waals surface area contributed by atoms with Crippen molar-refractivity contribution in [1.82, 2.24) is 25.1 Å². The summed E-state index contributed by atoms with van der Waals surface area (Å²) in [6, 6.07) is 24.7. The van der Waals surface area contributed by atoms with Gasteiger partial charge in [-0.1, -0.05) is 30.3 Å². The fraction of sp³-hybridized carbons (Fsp3) is 0.115. The molecule has 1 unspecified atom stereocenters. The molecule has 1 atom stereocenters. The number of carbonyl (C=O) groups is 1. The Balaban J connectivity index is 1.49. The van der Waals surface area contributed by atoms with E-state index in [1.165, 1.54) is 0 Å². The molecule has 33 heavy (non-hydrogen) atoms. The van der Waals surface area contributed by atoms with Gasteiger partial charge < -0.3 is 15.0 Å². The van der Waals surface area contributed by atoms with Crippen molar-refractivity contribution < 1.29 is 9.53 Å². The standard InChI is InChI=1S/C26H23N5O2/c1-17(25-28-22-10-6-7-11-23(22)29-25)27-26(32)21-16-31(19-8-4-3-5-9-19)30-24(21)18-12-14-20(33-2)15-13-18/h3-17H,1-2H3,(H,27,32)(H,28,29). The Labute approximate surface area is 191 Å². The molecule has 5 aromatic rings. The molecule has 3 aromatic carbocycles. The molecule has 0 fully saturated rings. The number of aromatic nitrogens is 4. The topological polar surface area (TPSA) is 84.8 Å². The quantitative estimate of drug-likeness (QED) is 0.395. The van der Waals surface area contributed by atoms with Crippen molar-refractivity contribution in [2.24, 2.45) is 0 Å². The third kappa shape index (κ3) is 4.08. The van der Waals surface area contributed by atoms with Gasteiger partial charge in [0.2, 0.25) is 0 Å². The van der Waals surface area contributed by atoms with Crippen molar-refractivity contribution in [1.29, 1.82) is 0 Å². The molecule has 0 spiro atoms. The first-order valence-electron chi connectivity index (χ1n) is 10.7. The zero-order valence-electron chi connectivity index (χ0n) is 18.3. The Morgan fingerprint density at radius 1 is 1.00 bits per heavy atom. The van der Waals surface area contributed by atoms with E-state index in [1.54, 1.807) is 18.0 Å². The highest BCUT2D eigenvalue weighted by atomic mass is 16.5. The molecule has 7 nitrogen and oxygen atoms in total. The van der Waals surface area contributed by atoms with Crippen LogP contribution >= 0.6 is 0 Å². The van der Waals surface area contributed by atoms with E-state index in [9.17, 15) is 4.79 Å². The summed E-state index contributed by atoms with van der Waals surface area (Å²) in [7, 11) is 1.62. The van der Waals surface area contributed by atoms with Crippen LogP contribution in [0.3, 0.4) is 0 Å². The number of carbonyl (C=O) groups excluding carboxylic acids is 1. The van der Waals surface area contributed by atoms with Crippen LogP contribution in [0.2, 0.25) is 0 Å². The van der Waals surface area contributed by atoms with Crippen LogP contribution in [0.5, 0.6) is 5.75 Å². The number of amides is 1. The number of benzene rings is 3. The normalized spacial score (nSPS) is 11.9. The highest BCUT2D eigenvalue weighted by Crippen LogP contribution is 2.26. The van der Waals surface area contributed by atoms with Crippen LogP contribution in [0.25, 0.3) is 28.0 Å². The van der Waals surface area contributed by atoms with E-state index in [0.29, 0.717) is 17.1 Å². The maximum Gasteiger partial charge on any atom is 0.255 e. The average Bonchev–Trinajstić information content (AvgIpc) is 3.50. The number of methoxy groups -OCH3 is 1. The summed E-state index contributed by atoms with van der Waals surface area (Å²) in [6.07, 6.45) is 1.76. The van der Waals surface area contributed by atoms with E-state index in [4.69, 9.17) is 9.84 Å². The van der Waals surface area contributed by atoms with E-state index in [-0.39, 0.29) is 11.9 Å². The molecule has 0 radical (unpaired) electrons. The van der Waals surface area contributed by atoms with Gasteiger partial charge in [-0.15, -0.1) is 0 Å². The number of para-hydroxylation sites is 3. The molecule has 2 N–H and O–H groups in total. The largest absolute Gasteiger partial charge is 0.497 e. The SMILES string of the molecule is COc1ccc(-c2nn(-c3ccccc3)cc2C(=O)NC(C)c2nc3ccccc3[nH]2)cc1. The number of imidazole rings is 1. The van der Waals surface area contributed by atoms with Gasteiger partial charge in [0, 0.05) is 11.8 Å². The molecule has 2 aromatic heterocycles. The maximum absolute atomic E-state index is 13.4. The van der Waals surface area contributed by atoms with Crippen LogP contribution in [0, 0.1) is 0 Å². The number of hydrogen-bond acceptors (Lipinski definition) is 4. The number of aromatic amines is 1. The van der Waals surface area contributed by atoms with Crippen molar-refractivity contribution in [3.8, 4) is 22.7 Å². The predicted molar refractivity (Wildman–Crippen MR) is 128 cm³/mol. The van der Waals surface area contributed by atoms with E-state index < -0.39 is 0 Å². The molecule has 0 aliphatic rings. The molecule has 2 heterocycles. The van der Waals surface area contributed by atoms with E-state index in [2.05, 4.69) is 15.3 Å². The smallest absolute Gasteiger partial charge is 0.255 e. The fourth-order valence-corrected chi connectivity index (χ4v) is 3.74. The minimum atomic E-state index is -0.311. The Bertz CT molecular complexity index is 1370. The minimum absolute atomic E-state index is 0.226. The molecule has 0 aliphatic carbocycles. The Morgan fingerprint density at radius 3 is 2.45 bits per heavy atom.